The number of hydrogen-bond acceptors (Lipinski definition) is 4. The first-order valence-electron chi connectivity index (χ1n) is 6.90. The molecule has 0 atom stereocenters. The number of benzene rings is 1. The lowest BCUT2D eigenvalue weighted by Crippen LogP contribution is -2.03. The number of fused-ring (bicyclic) bond motifs is 1. The highest BCUT2D eigenvalue weighted by Gasteiger charge is 2.10. The van der Waals surface area contributed by atoms with Crippen LogP contribution in [-0.2, 0) is 19.5 Å². The van der Waals surface area contributed by atoms with Crippen LogP contribution in [0.5, 0.6) is 0 Å². The third kappa shape index (κ3) is 2.32. The highest BCUT2D eigenvalue weighted by Crippen LogP contribution is 2.21. The Balaban J connectivity index is 1.93. The third-order valence-corrected chi connectivity index (χ3v) is 3.38. The van der Waals surface area contributed by atoms with Crippen LogP contribution in [0.3, 0.4) is 0 Å². The zero-order valence-corrected chi connectivity index (χ0v) is 11.5. The van der Waals surface area contributed by atoms with Gasteiger partial charge in [-0.15, -0.1) is 0 Å². The van der Waals surface area contributed by atoms with E-state index in [9.17, 15) is 0 Å². The summed E-state index contributed by atoms with van der Waals surface area (Å²) in [5.41, 5.74) is 8.09. The molecular formula is C15H18N4O. The average molecular weight is 270 g/mol. The summed E-state index contributed by atoms with van der Waals surface area (Å²) in [5.74, 6) is 1.41. The molecule has 0 radical (unpaired) electrons. The highest BCUT2D eigenvalue weighted by atomic mass is 16.5. The van der Waals surface area contributed by atoms with Crippen molar-refractivity contribution >= 4 is 10.9 Å². The normalized spacial score (nSPS) is 11.3. The Morgan fingerprint density at radius 3 is 3.00 bits per heavy atom. The lowest BCUT2D eigenvalue weighted by Gasteiger charge is -2.06. The van der Waals surface area contributed by atoms with E-state index in [1.165, 1.54) is 5.39 Å². The van der Waals surface area contributed by atoms with E-state index >= 15 is 0 Å². The molecule has 104 valence electrons. The minimum absolute atomic E-state index is 0.520. The van der Waals surface area contributed by atoms with Gasteiger partial charge in [0, 0.05) is 19.2 Å². The van der Waals surface area contributed by atoms with E-state index in [1.54, 1.807) is 0 Å². The predicted molar refractivity (Wildman–Crippen MR) is 77.2 cm³/mol. The maximum atomic E-state index is 5.82. The van der Waals surface area contributed by atoms with Gasteiger partial charge in [-0.1, -0.05) is 30.3 Å². The van der Waals surface area contributed by atoms with Gasteiger partial charge in [-0.25, -0.2) is 0 Å². The molecule has 20 heavy (non-hydrogen) atoms. The number of para-hydroxylation sites is 1. The fourth-order valence-electron chi connectivity index (χ4n) is 2.46. The Bertz CT molecular complexity index is 714. The molecule has 1 aromatic carbocycles. The third-order valence-electron chi connectivity index (χ3n) is 3.38. The van der Waals surface area contributed by atoms with Crippen LogP contribution in [0.25, 0.3) is 10.9 Å². The largest absolute Gasteiger partial charge is 0.338 e. The molecule has 5 heteroatoms. The van der Waals surface area contributed by atoms with Crippen molar-refractivity contribution in [3.05, 3.63) is 47.7 Å². The van der Waals surface area contributed by atoms with Crippen molar-refractivity contribution in [2.24, 2.45) is 5.73 Å². The molecule has 2 heterocycles. The van der Waals surface area contributed by atoms with Gasteiger partial charge in [-0.3, -0.25) is 0 Å². The molecule has 0 fully saturated rings. The Labute approximate surface area is 117 Å². The molecule has 0 saturated carbocycles. The molecule has 5 nitrogen and oxygen atoms in total. The lowest BCUT2D eigenvalue weighted by molar-refractivity contribution is 0.367. The minimum Gasteiger partial charge on any atom is -0.338 e. The molecule has 0 aliphatic carbocycles. The summed E-state index contributed by atoms with van der Waals surface area (Å²) in [6.07, 6.45) is 3.90. The Morgan fingerprint density at radius 1 is 1.30 bits per heavy atom. The molecule has 0 saturated heterocycles. The molecule has 0 aliphatic heterocycles. The van der Waals surface area contributed by atoms with E-state index in [2.05, 4.69) is 39.8 Å². The number of aryl methyl sites for hydroxylation is 1. The fraction of sp³-hybridized carbons (Fsp3) is 0.333. The maximum Gasteiger partial charge on any atom is 0.246 e. The van der Waals surface area contributed by atoms with Crippen molar-refractivity contribution in [3.8, 4) is 0 Å². The smallest absolute Gasteiger partial charge is 0.246 e. The van der Waals surface area contributed by atoms with Crippen LogP contribution >= 0.6 is 0 Å². The molecule has 0 amide bonds. The summed E-state index contributed by atoms with van der Waals surface area (Å²) in [7, 11) is 0. The second kappa shape index (κ2) is 5.46. The van der Waals surface area contributed by atoms with Crippen LogP contribution in [0.4, 0.5) is 0 Å². The zero-order valence-electron chi connectivity index (χ0n) is 11.5. The van der Waals surface area contributed by atoms with Gasteiger partial charge in [0.1, 0.15) is 6.54 Å². The molecular weight excluding hydrogens is 252 g/mol. The molecule has 0 unspecified atom stereocenters. The van der Waals surface area contributed by atoms with Gasteiger partial charge in [-0.05, 0) is 23.4 Å². The summed E-state index contributed by atoms with van der Waals surface area (Å²) in [6, 6.07) is 8.25. The zero-order chi connectivity index (χ0) is 13.9. The van der Waals surface area contributed by atoms with Gasteiger partial charge in [0.2, 0.25) is 5.89 Å². The monoisotopic (exact) mass is 270 g/mol. The van der Waals surface area contributed by atoms with Crippen molar-refractivity contribution in [1.82, 2.24) is 14.7 Å². The van der Waals surface area contributed by atoms with E-state index in [4.69, 9.17) is 10.3 Å². The average Bonchev–Trinajstić information content (AvgIpc) is 3.07. The van der Waals surface area contributed by atoms with Gasteiger partial charge in [-0.2, -0.15) is 4.98 Å². The number of aromatic nitrogens is 3. The van der Waals surface area contributed by atoms with Gasteiger partial charge in [0.15, 0.2) is 5.82 Å². The summed E-state index contributed by atoms with van der Waals surface area (Å²) in [4.78, 5) is 4.41. The molecule has 0 bridgehead atoms. The molecule has 2 aromatic heterocycles. The first kappa shape index (κ1) is 12.9. The Hall–Kier alpha value is -2.14. The molecule has 0 aliphatic rings. The van der Waals surface area contributed by atoms with Crippen LogP contribution in [0.1, 0.15) is 30.6 Å². The first-order valence-corrected chi connectivity index (χ1v) is 6.90. The summed E-state index contributed by atoms with van der Waals surface area (Å²) >= 11 is 0. The van der Waals surface area contributed by atoms with Crippen LogP contribution in [0, 0.1) is 0 Å². The van der Waals surface area contributed by atoms with Crippen LogP contribution in [0.2, 0.25) is 0 Å². The predicted octanol–water partition coefficient (Wildman–Crippen LogP) is 2.48. The maximum absolute atomic E-state index is 5.82. The van der Waals surface area contributed by atoms with E-state index in [0.717, 1.165) is 29.7 Å². The van der Waals surface area contributed by atoms with E-state index in [-0.39, 0.29) is 0 Å². The standard InChI is InChI=1S/C15H18N4O/c1-2-4-13-17-14(20-18-13)10-19-8-7-11-5-3-6-12(9-16)15(11)19/h3,5-8H,2,4,9-10,16H2,1H3. The molecule has 3 aromatic rings. The second-order valence-corrected chi connectivity index (χ2v) is 4.86. The van der Waals surface area contributed by atoms with Crippen molar-refractivity contribution in [1.29, 1.82) is 0 Å². The number of nitrogens with zero attached hydrogens (tertiary/aromatic N) is 3. The lowest BCUT2D eigenvalue weighted by atomic mass is 10.1. The Kier molecular flexibility index (Phi) is 3.52. The summed E-state index contributed by atoms with van der Waals surface area (Å²) in [6.45, 7) is 3.20. The summed E-state index contributed by atoms with van der Waals surface area (Å²) in [5, 5.41) is 5.17. The first-order chi connectivity index (χ1) is 9.81. The van der Waals surface area contributed by atoms with Gasteiger partial charge < -0.3 is 14.8 Å². The van der Waals surface area contributed by atoms with Gasteiger partial charge in [0.25, 0.3) is 0 Å². The number of hydrogen-bond donors (Lipinski definition) is 1. The van der Waals surface area contributed by atoms with Crippen molar-refractivity contribution in [2.45, 2.75) is 32.9 Å². The minimum atomic E-state index is 0.520. The SMILES string of the molecule is CCCc1noc(Cn2ccc3cccc(CN)c32)n1. The van der Waals surface area contributed by atoms with Gasteiger partial charge >= 0.3 is 0 Å². The van der Waals surface area contributed by atoms with Gasteiger partial charge in [0.05, 0.1) is 5.52 Å². The molecule has 0 spiro atoms. The van der Waals surface area contributed by atoms with Crippen molar-refractivity contribution in [2.75, 3.05) is 0 Å². The number of rotatable bonds is 5. The van der Waals surface area contributed by atoms with Crippen LogP contribution in [0.15, 0.2) is 35.0 Å². The number of nitrogens with two attached hydrogens (primary N) is 1. The van der Waals surface area contributed by atoms with E-state index in [1.807, 2.05) is 12.3 Å². The highest BCUT2D eigenvalue weighted by molar-refractivity contribution is 5.83. The van der Waals surface area contributed by atoms with Crippen molar-refractivity contribution < 1.29 is 4.52 Å². The van der Waals surface area contributed by atoms with E-state index in [0.29, 0.717) is 19.0 Å². The fourth-order valence-corrected chi connectivity index (χ4v) is 2.46. The molecule has 2 N–H and O–H groups in total. The van der Waals surface area contributed by atoms with Crippen molar-refractivity contribution in [3.63, 3.8) is 0 Å². The Morgan fingerprint density at radius 2 is 2.20 bits per heavy atom. The van der Waals surface area contributed by atoms with Crippen LogP contribution in [-0.4, -0.2) is 14.7 Å². The van der Waals surface area contributed by atoms with E-state index < -0.39 is 0 Å². The topological polar surface area (TPSA) is 69.9 Å². The second-order valence-electron chi connectivity index (χ2n) is 4.86. The quantitative estimate of drug-likeness (QED) is 0.773. The summed E-state index contributed by atoms with van der Waals surface area (Å²) < 4.78 is 7.41. The van der Waals surface area contributed by atoms with Crippen LogP contribution < -0.4 is 5.73 Å². The molecule has 3 rings (SSSR count).